The number of anilines is 1. The zero-order chi connectivity index (χ0) is 10.7. The first-order valence-electron chi connectivity index (χ1n) is 5.57. The van der Waals surface area contributed by atoms with E-state index in [1.54, 1.807) is 0 Å². The minimum atomic E-state index is 0.600. The van der Waals surface area contributed by atoms with Crippen molar-refractivity contribution in [3.63, 3.8) is 0 Å². The Morgan fingerprint density at radius 1 is 1.60 bits per heavy atom. The molecule has 1 atom stereocenters. The molecule has 2 rings (SSSR count). The van der Waals surface area contributed by atoms with Crippen molar-refractivity contribution in [2.75, 3.05) is 18.4 Å². The van der Waals surface area contributed by atoms with Gasteiger partial charge in [-0.25, -0.2) is 4.98 Å². The summed E-state index contributed by atoms with van der Waals surface area (Å²) >= 11 is 1.47. The average molecular weight is 226 g/mol. The second-order valence-electron chi connectivity index (χ2n) is 4.30. The smallest absolute Gasteiger partial charge is 0.202 e. The molecule has 1 aliphatic rings. The van der Waals surface area contributed by atoms with Gasteiger partial charge in [0.25, 0.3) is 0 Å². The second-order valence-corrected chi connectivity index (χ2v) is 5.05. The van der Waals surface area contributed by atoms with Gasteiger partial charge in [-0.05, 0) is 31.7 Å². The van der Waals surface area contributed by atoms with Crippen molar-refractivity contribution in [3.8, 4) is 0 Å². The fourth-order valence-corrected chi connectivity index (χ4v) is 2.11. The molecule has 0 aromatic carbocycles. The Morgan fingerprint density at radius 2 is 2.40 bits per heavy atom. The topological polar surface area (TPSA) is 63.8 Å². The molecule has 3 N–H and O–H groups in total. The van der Waals surface area contributed by atoms with E-state index in [1.165, 1.54) is 24.4 Å². The first-order chi connectivity index (χ1) is 7.29. The molecule has 0 bridgehead atoms. The molecule has 1 unspecified atom stereocenters. The maximum Gasteiger partial charge on any atom is 0.202 e. The number of aromatic nitrogens is 2. The van der Waals surface area contributed by atoms with Gasteiger partial charge in [0.1, 0.15) is 5.82 Å². The average Bonchev–Trinajstić information content (AvgIpc) is 2.96. The van der Waals surface area contributed by atoms with Gasteiger partial charge in [0.15, 0.2) is 0 Å². The lowest BCUT2D eigenvalue weighted by Gasteiger charge is -2.09. The highest BCUT2D eigenvalue weighted by Gasteiger charge is 2.27. The van der Waals surface area contributed by atoms with Crippen molar-refractivity contribution in [3.05, 3.63) is 5.82 Å². The van der Waals surface area contributed by atoms with E-state index in [2.05, 4.69) is 21.6 Å². The first-order valence-corrected chi connectivity index (χ1v) is 6.34. The number of nitrogens with zero attached hydrogens (tertiary/aromatic N) is 2. The van der Waals surface area contributed by atoms with Gasteiger partial charge in [-0.1, -0.05) is 6.92 Å². The van der Waals surface area contributed by atoms with Crippen LogP contribution in [0.25, 0.3) is 0 Å². The van der Waals surface area contributed by atoms with Crippen LogP contribution in [0.3, 0.4) is 0 Å². The van der Waals surface area contributed by atoms with Gasteiger partial charge in [-0.15, -0.1) is 0 Å². The Hall–Kier alpha value is -0.680. The van der Waals surface area contributed by atoms with Gasteiger partial charge in [-0.3, -0.25) is 0 Å². The molecule has 0 saturated heterocycles. The summed E-state index contributed by atoms with van der Waals surface area (Å²) in [6.07, 6.45) is 3.58. The molecule has 0 aliphatic heterocycles. The van der Waals surface area contributed by atoms with Crippen LogP contribution in [-0.2, 0) is 0 Å². The summed E-state index contributed by atoms with van der Waals surface area (Å²) in [5.41, 5.74) is 5.50. The van der Waals surface area contributed by atoms with E-state index < -0.39 is 0 Å². The third kappa shape index (κ3) is 3.14. The Bertz CT molecular complexity index is 308. The zero-order valence-electron chi connectivity index (χ0n) is 9.07. The van der Waals surface area contributed by atoms with Crippen LogP contribution in [0.4, 0.5) is 5.13 Å². The van der Waals surface area contributed by atoms with Crippen molar-refractivity contribution in [2.45, 2.75) is 32.1 Å². The summed E-state index contributed by atoms with van der Waals surface area (Å²) in [6.45, 7) is 3.89. The van der Waals surface area contributed by atoms with Gasteiger partial charge >= 0.3 is 0 Å². The van der Waals surface area contributed by atoms with Crippen LogP contribution in [-0.4, -0.2) is 22.4 Å². The lowest BCUT2D eigenvalue weighted by atomic mass is 10.1. The van der Waals surface area contributed by atoms with Gasteiger partial charge < -0.3 is 11.1 Å². The Kier molecular flexibility index (Phi) is 3.53. The van der Waals surface area contributed by atoms with Crippen LogP contribution in [0.2, 0.25) is 0 Å². The summed E-state index contributed by atoms with van der Waals surface area (Å²) in [5.74, 6) is 2.29. The van der Waals surface area contributed by atoms with Crippen LogP contribution >= 0.6 is 11.5 Å². The highest BCUT2D eigenvalue weighted by molar-refractivity contribution is 7.09. The zero-order valence-corrected chi connectivity index (χ0v) is 9.89. The van der Waals surface area contributed by atoms with Crippen molar-refractivity contribution in [2.24, 2.45) is 11.7 Å². The summed E-state index contributed by atoms with van der Waals surface area (Å²) < 4.78 is 4.35. The van der Waals surface area contributed by atoms with Crippen molar-refractivity contribution < 1.29 is 0 Å². The van der Waals surface area contributed by atoms with Crippen LogP contribution in [0.15, 0.2) is 0 Å². The molecule has 15 heavy (non-hydrogen) atoms. The van der Waals surface area contributed by atoms with Crippen LogP contribution in [0.5, 0.6) is 0 Å². The third-order valence-electron chi connectivity index (χ3n) is 2.65. The van der Waals surface area contributed by atoms with E-state index >= 15 is 0 Å². The van der Waals surface area contributed by atoms with E-state index in [4.69, 9.17) is 5.73 Å². The predicted octanol–water partition coefficient (Wildman–Crippen LogP) is 1.81. The molecule has 1 aromatic rings. The molecular formula is C10H18N4S. The maximum atomic E-state index is 5.50. The summed E-state index contributed by atoms with van der Waals surface area (Å²) in [7, 11) is 0. The normalized spacial score (nSPS) is 17.7. The summed E-state index contributed by atoms with van der Waals surface area (Å²) in [6, 6.07) is 0. The lowest BCUT2D eigenvalue weighted by molar-refractivity contribution is 0.568. The first kappa shape index (κ1) is 10.8. The highest BCUT2D eigenvalue weighted by atomic mass is 32.1. The van der Waals surface area contributed by atoms with E-state index in [9.17, 15) is 0 Å². The molecule has 84 valence electrons. The summed E-state index contributed by atoms with van der Waals surface area (Å²) in [5, 5.41) is 4.28. The van der Waals surface area contributed by atoms with Gasteiger partial charge in [-0.2, -0.15) is 4.37 Å². The fourth-order valence-electron chi connectivity index (χ4n) is 1.46. The maximum absolute atomic E-state index is 5.50. The predicted molar refractivity (Wildman–Crippen MR) is 63.2 cm³/mol. The molecule has 1 fully saturated rings. The number of nitrogens with one attached hydrogen (secondary N) is 1. The SMILES string of the molecule is CC(CCN)CNc1nc(C2CC2)ns1. The van der Waals surface area contributed by atoms with E-state index in [0.29, 0.717) is 11.8 Å². The Balaban J connectivity index is 1.77. The van der Waals surface area contributed by atoms with Crippen LogP contribution < -0.4 is 11.1 Å². The van der Waals surface area contributed by atoms with Crippen LogP contribution in [0.1, 0.15) is 37.9 Å². The third-order valence-corrected chi connectivity index (χ3v) is 3.33. The largest absolute Gasteiger partial charge is 0.360 e. The summed E-state index contributed by atoms with van der Waals surface area (Å²) in [4.78, 5) is 4.47. The molecule has 4 nitrogen and oxygen atoms in total. The monoisotopic (exact) mass is 226 g/mol. The van der Waals surface area contributed by atoms with E-state index in [1.807, 2.05) is 0 Å². The minimum Gasteiger partial charge on any atom is -0.360 e. The standard InChI is InChI=1S/C10H18N4S/c1-7(4-5-11)6-12-10-13-9(14-15-10)8-2-3-8/h7-8H,2-6,11H2,1H3,(H,12,13,14). The van der Waals surface area contributed by atoms with E-state index in [-0.39, 0.29) is 0 Å². The van der Waals surface area contributed by atoms with Crippen LogP contribution in [0, 0.1) is 5.92 Å². The minimum absolute atomic E-state index is 0.600. The molecule has 1 heterocycles. The van der Waals surface area contributed by atoms with E-state index in [0.717, 1.165) is 30.5 Å². The van der Waals surface area contributed by atoms with Gasteiger partial charge in [0.2, 0.25) is 5.13 Å². The number of hydrogen-bond donors (Lipinski definition) is 2. The molecule has 0 amide bonds. The molecular weight excluding hydrogens is 208 g/mol. The van der Waals surface area contributed by atoms with Gasteiger partial charge in [0.05, 0.1) is 0 Å². The molecule has 0 radical (unpaired) electrons. The van der Waals surface area contributed by atoms with Crippen molar-refractivity contribution in [1.82, 2.24) is 9.36 Å². The molecule has 1 aromatic heterocycles. The van der Waals surface area contributed by atoms with Crippen molar-refractivity contribution in [1.29, 1.82) is 0 Å². The number of nitrogens with two attached hydrogens (primary N) is 1. The van der Waals surface area contributed by atoms with Crippen molar-refractivity contribution >= 4 is 16.7 Å². The quantitative estimate of drug-likeness (QED) is 0.776. The molecule has 0 spiro atoms. The Morgan fingerprint density at radius 3 is 3.07 bits per heavy atom. The lowest BCUT2D eigenvalue weighted by Crippen LogP contribution is -2.15. The second kappa shape index (κ2) is 4.90. The fraction of sp³-hybridized carbons (Fsp3) is 0.800. The van der Waals surface area contributed by atoms with Gasteiger partial charge in [0, 0.05) is 24.0 Å². The Labute approximate surface area is 94.5 Å². The number of hydrogen-bond acceptors (Lipinski definition) is 5. The highest BCUT2D eigenvalue weighted by Crippen LogP contribution is 2.39. The molecule has 1 aliphatic carbocycles. The molecule has 1 saturated carbocycles. The number of rotatable bonds is 6. The molecule has 5 heteroatoms.